The topological polar surface area (TPSA) is 79.4 Å². The second-order valence-corrected chi connectivity index (χ2v) is 9.50. The molecule has 1 aromatic carbocycles. The van der Waals surface area contributed by atoms with Crippen LogP contribution in [-0.2, 0) is 9.47 Å². The Morgan fingerprint density at radius 2 is 1.70 bits per heavy atom. The third-order valence-electron chi connectivity index (χ3n) is 6.00. The number of aromatic amines is 1. The van der Waals surface area contributed by atoms with Crippen molar-refractivity contribution in [2.75, 3.05) is 51.3 Å². The van der Waals surface area contributed by atoms with Crippen molar-refractivity contribution in [2.24, 2.45) is 5.41 Å². The highest BCUT2D eigenvalue weighted by Crippen LogP contribution is 2.35. The van der Waals surface area contributed by atoms with Gasteiger partial charge in [0, 0.05) is 43.4 Å². The SMILES string of the molecule is CN1CCN(c2nccc(-c3[nH]c(C4OCC(C)(C)CO4)nc3-c3ccc(F)cc3)n2)CC1. The van der Waals surface area contributed by atoms with Crippen molar-refractivity contribution in [3.8, 4) is 22.6 Å². The summed E-state index contributed by atoms with van der Waals surface area (Å²) in [6.07, 6.45) is 1.17. The molecule has 9 heteroatoms. The highest BCUT2D eigenvalue weighted by atomic mass is 19.1. The summed E-state index contributed by atoms with van der Waals surface area (Å²) in [6.45, 7) is 9.02. The van der Waals surface area contributed by atoms with Crippen LogP contribution in [0.25, 0.3) is 22.6 Å². The van der Waals surface area contributed by atoms with E-state index in [-0.39, 0.29) is 11.2 Å². The molecule has 2 aliphatic rings. The Morgan fingerprint density at radius 1 is 1.00 bits per heavy atom. The molecule has 0 spiro atoms. The molecule has 0 amide bonds. The first-order chi connectivity index (χ1) is 15.9. The van der Waals surface area contributed by atoms with Crippen LogP contribution in [0.4, 0.5) is 10.3 Å². The molecule has 0 bridgehead atoms. The molecule has 2 saturated heterocycles. The molecule has 0 radical (unpaired) electrons. The van der Waals surface area contributed by atoms with Gasteiger partial charge >= 0.3 is 0 Å². The minimum Gasteiger partial charge on any atom is -0.345 e. The van der Waals surface area contributed by atoms with Crippen LogP contribution in [0.1, 0.15) is 26.0 Å². The molecule has 0 saturated carbocycles. The van der Waals surface area contributed by atoms with Crippen LogP contribution < -0.4 is 4.90 Å². The maximum Gasteiger partial charge on any atom is 0.225 e. The fourth-order valence-corrected chi connectivity index (χ4v) is 4.00. The van der Waals surface area contributed by atoms with Crippen LogP contribution in [-0.4, -0.2) is 71.3 Å². The maximum absolute atomic E-state index is 13.6. The first-order valence-electron chi connectivity index (χ1n) is 11.2. The van der Waals surface area contributed by atoms with Gasteiger partial charge in [0.25, 0.3) is 0 Å². The van der Waals surface area contributed by atoms with Gasteiger partial charge in [0.05, 0.1) is 30.3 Å². The highest BCUT2D eigenvalue weighted by molar-refractivity contribution is 5.77. The van der Waals surface area contributed by atoms with E-state index >= 15 is 0 Å². The zero-order valence-electron chi connectivity index (χ0n) is 19.2. The smallest absolute Gasteiger partial charge is 0.225 e. The predicted octanol–water partition coefficient (Wildman–Crippen LogP) is 3.50. The molecule has 5 rings (SSSR count). The number of piperazine rings is 1. The predicted molar refractivity (Wildman–Crippen MR) is 123 cm³/mol. The third kappa shape index (κ3) is 4.75. The Morgan fingerprint density at radius 3 is 2.39 bits per heavy atom. The molecule has 4 heterocycles. The third-order valence-corrected chi connectivity index (χ3v) is 6.00. The summed E-state index contributed by atoms with van der Waals surface area (Å²) in [6, 6.07) is 8.15. The Hall–Kier alpha value is -2.88. The summed E-state index contributed by atoms with van der Waals surface area (Å²) in [5.41, 5.74) is 2.85. The maximum atomic E-state index is 13.6. The summed E-state index contributed by atoms with van der Waals surface area (Å²) in [5.74, 6) is 0.963. The molecule has 8 nitrogen and oxygen atoms in total. The van der Waals surface area contributed by atoms with E-state index < -0.39 is 6.29 Å². The number of hydrogen-bond acceptors (Lipinski definition) is 7. The number of halogens is 1. The molecule has 33 heavy (non-hydrogen) atoms. The van der Waals surface area contributed by atoms with Crippen molar-refractivity contribution in [3.05, 3.63) is 48.2 Å². The van der Waals surface area contributed by atoms with Gasteiger partial charge in [0.15, 0.2) is 5.82 Å². The van der Waals surface area contributed by atoms with E-state index in [1.54, 1.807) is 18.3 Å². The summed E-state index contributed by atoms with van der Waals surface area (Å²) in [4.78, 5) is 22.0. The second-order valence-electron chi connectivity index (χ2n) is 9.50. The number of nitrogens with one attached hydrogen (secondary N) is 1. The highest BCUT2D eigenvalue weighted by Gasteiger charge is 2.32. The molecule has 0 aliphatic carbocycles. The molecule has 2 fully saturated rings. The average molecular weight is 453 g/mol. The largest absolute Gasteiger partial charge is 0.345 e. The first-order valence-corrected chi connectivity index (χ1v) is 11.2. The number of ether oxygens (including phenoxy) is 2. The number of likely N-dealkylation sites (N-methyl/N-ethyl adjacent to an activating group) is 1. The molecule has 1 N–H and O–H groups in total. The van der Waals surface area contributed by atoms with Gasteiger partial charge < -0.3 is 24.3 Å². The quantitative estimate of drug-likeness (QED) is 0.649. The lowest BCUT2D eigenvalue weighted by molar-refractivity contribution is -0.229. The zero-order valence-corrected chi connectivity index (χ0v) is 19.2. The van der Waals surface area contributed by atoms with Gasteiger partial charge in [-0.3, -0.25) is 0 Å². The molecule has 3 aromatic rings. The van der Waals surface area contributed by atoms with Gasteiger partial charge in [0.1, 0.15) is 5.82 Å². The minimum absolute atomic E-state index is 0.0459. The Kier molecular flexibility index (Phi) is 5.86. The van der Waals surface area contributed by atoms with Gasteiger partial charge in [-0.2, -0.15) is 0 Å². The number of imidazole rings is 1. The first kappa shape index (κ1) is 21.9. The van der Waals surface area contributed by atoms with Crippen LogP contribution >= 0.6 is 0 Å². The van der Waals surface area contributed by atoms with Crippen LogP contribution in [0.2, 0.25) is 0 Å². The summed E-state index contributed by atoms with van der Waals surface area (Å²) < 4.78 is 25.5. The van der Waals surface area contributed by atoms with Gasteiger partial charge in [-0.1, -0.05) is 13.8 Å². The monoisotopic (exact) mass is 452 g/mol. The van der Waals surface area contributed by atoms with E-state index in [1.165, 1.54) is 12.1 Å². The van der Waals surface area contributed by atoms with Gasteiger partial charge in [-0.15, -0.1) is 0 Å². The molecule has 2 aromatic heterocycles. The van der Waals surface area contributed by atoms with E-state index in [4.69, 9.17) is 19.4 Å². The Balaban J connectivity index is 1.51. The zero-order chi connectivity index (χ0) is 23.0. The van der Waals surface area contributed by atoms with Crippen LogP contribution in [0, 0.1) is 11.2 Å². The van der Waals surface area contributed by atoms with Gasteiger partial charge in [-0.25, -0.2) is 19.3 Å². The number of rotatable bonds is 4. The number of benzene rings is 1. The second kappa shape index (κ2) is 8.81. The average Bonchev–Trinajstić information content (AvgIpc) is 3.25. The fourth-order valence-electron chi connectivity index (χ4n) is 4.00. The number of anilines is 1. The number of nitrogens with zero attached hydrogens (tertiary/aromatic N) is 5. The summed E-state index contributed by atoms with van der Waals surface area (Å²) in [7, 11) is 2.12. The van der Waals surface area contributed by atoms with Gasteiger partial charge in [-0.05, 0) is 37.4 Å². The molecular weight excluding hydrogens is 423 g/mol. The molecule has 0 atom stereocenters. The number of hydrogen-bond donors (Lipinski definition) is 1. The van der Waals surface area contributed by atoms with E-state index in [0.717, 1.165) is 37.4 Å². The summed E-state index contributed by atoms with van der Waals surface area (Å²) >= 11 is 0. The van der Waals surface area contributed by atoms with Crippen molar-refractivity contribution in [2.45, 2.75) is 20.1 Å². The van der Waals surface area contributed by atoms with Gasteiger partial charge in [0.2, 0.25) is 12.2 Å². The van der Waals surface area contributed by atoms with Crippen LogP contribution in [0.15, 0.2) is 36.5 Å². The normalized spacial score (nSPS) is 19.7. The van der Waals surface area contributed by atoms with Crippen LogP contribution in [0.3, 0.4) is 0 Å². The number of aromatic nitrogens is 4. The number of H-pyrrole nitrogens is 1. The molecule has 0 unspecified atom stereocenters. The van der Waals surface area contributed by atoms with E-state index in [9.17, 15) is 4.39 Å². The fraction of sp³-hybridized carbons (Fsp3) is 0.458. The Labute approximate surface area is 192 Å². The van der Waals surface area contributed by atoms with E-state index in [0.29, 0.717) is 36.4 Å². The molecule has 2 aliphatic heterocycles. The molecular formula is C24H29FN6O2. The van der Waals surface area contributed by atoms with Crippen molar-refractivity contribution >= 4 is 5.95 Å². The van der Waals surface area contributed by atoms with Crippen molar-refractivity contribution < 1.29 is 13.9 Å². The van der Waals surface area contributed by atoms with Crippen molar-refractivity contribution in [1.82, 2.24) is 24.8 Å². The Bertz CT molecular complexity index is 1100. The summed E-state index contributed by atoms with van der Waals surface area (Å²) in [5, 5.41) is 0. The van der Waals surface area contributed by atoms with E-state index in [2.05, 4.69) is 40.7 Å². The lowest BCUT2D eigenvalue weighted by Gasteiger charge is -2.33. The van der Waals surface area contributed by atoms with Crippen molar-refractivity contribution in [1.29, 1.82) is 0 Å². The van der Waals surface area contributed by atoms with E-state index in [1.807, 2.05) is 6.07 Å². The standard InChI is InChI=1S/C24H29FN6O2/c1-24(2)14-32-22(33-15-24)21-28-19(16-4-6-17(25)7-5-16)20(29-21)18-8-9-26-23(27-18)31-12-10-30(3)11-13-31/h4-9,22H,10-15H2,1-3H3,(H,28,29). The van der Waals surface area contributed by atoms with Crippen LogP contribution in [0.5, 0.6) is 0 Å². The minimum atomic E-state index is -0.593. The molecule has 174 valence electrons. The lowest BCUT2D eigenvalue weighted by atomic mass is 9.96. The van der Waals surface area contributed by atoms with Crippen molar-refractivity contribution in [3.63, 3.8) is 0 Å². The lowest BCUT2D eigenvalue weighted by Crippen LogP contribution is -2.45.